The zero-order valence-corrected chi connectivity index (χ0v) is 31.8. The molecule has 0 spiro atoms. The third-order valence-electron chi connectivity index (χ3n) is 11.3. The highest BCUT2D eigenvalue weighted by atomic mass is 15.2. The standard InChI is InChI=1S/C48H43BN4/c1-28-22-34(7)45(50-26-28)36-18-20-40-38(24-36)49-39-25-37(46-35(8)23-29(2)27-51-46)19-21-41(39)53(48-32(5)14-10-15-33(48)6)43-17-11-16-42(44(43)49)52(40)47-30(3)12-9-13-31(47)4/h9-27H,1-8H3. The molecule has 2 aliphatic rings. The molecular weight excluding hydrogens is 643 g/mol. The van der Waals surface area contributed by atoms with Crippen molar-refractivity contribution in [2.24, 2.45) is 0 Å². The van der Waals surface area contributed by atoms with Crippen LogP contribution in [-0.4, -0.2) is 16.7 Å². The van der Waals surface area contributed by atoms with Gasteiger partial charge in [-0.25, -0.2) is 0 Å². The average molecular weight is 687 g/mol. The summed E-state index contributed by atoms with van der Waals surface area (Å²) in [6.45, 7) is 17.5. The first-order chi connectivity index (χ1) is 25.6. The molecule has 0 aliphatic carbocycles. The number of benzene rings is 5. The van der Waals surface area contributed by atoms with E-state index in [0.717, 1.165) is 22.5 Å². The molecule has 0 amide bonds. The van der Waals surface area contributed by atoms with Gasteiger partial charge in [0.2, 0.25) is 0 Å². The minimum atomic E-state index is -0.0243. The second-order valence-electron chi connectivity index (χ2n) is 15.2. The molecule has 2 aromatic heterocycles. The molecule has 0 saturated heterocycles. The summed E-state index contributed by atoms with van der Waals surface area (Å²) in [4.78, 5) is 15.0. The lowest BCUT2D eigenvalue weighted by Crippen LogP contribution is -2.61. The molecule has 5 aromatic carbocycles. The molecule has 53 heavy (non-hydrogen) atoms. The van der Waals surface area contributed by atoms with Crippen molar-refractivity contribution in [2.45, 2.75) is 55.4 Å². The maximum absolute atomic E-state index is 4.99. The monoisotopic (exact) mass is 686 g/mol. The molecule has 0 fully saturated rings. The summed E-state index contributed by atoms with van der Waals surface area (Å²) in [5.41, 5.74) is 25.2. The SMILES string of the molecule is Cc1cnc(-c2ccc3c(c2)B2c4cc(-c5ncc(C)cc5C)ccc4N(c4c(C)cccc4C)c4cccc(c42)N3c2c(C)cccc2C)c(C)c1. The van der Waals surface area contributed by atoms with E-state index in [1.54, 1.807) is 0 Å². The first kappa shape index (κ1) is 32.9. The van der Waals surface area contributed by atoms with Crippen molar-refractivity contribution >= 4 is 57.2 Å². The Bertz CT molecular complexity index is 2420. The van der Waals surface area contributed by atoms with Crippen molar-refractivity contribution < 1.29 is 0 Å². The van der Waals surface area contributed by atoms with Gasteiger partial charge < -0.3 is 9.80 Å². The van der Waals surface area contributed by atoms with Crippen molar-refractivity contribution in [3.05, 3.63) is 160 Å². The first-order valence-corrected chi connectivity index (χ1v) is 18.6. The van der Waals surface area contributed by atoms with Crippen LogP contribution in [0.2, 0.25) is 0 Å². The van der Waals surface area contributed by atoms with Crippen molar-refractivity contribution in [1.82, 2.24) is 9.97 Å². The number of anilines is 6. The summed E-state index contributed by atoms with van der Waals surface area (Å²) in [6, 6.07) is 38.7. The van der Waals surface area contributed by atoms with E-state index in [4.69, 9.17) is 9.97 Å². The predicted octanol–water partition coefficient (Wildman–Crippen LogP) is 10.4. The van der Waals surface area contributed by atoms with Crippen LogP contribution in [0.3, 0.4) is 0 Å². The van der Waals surface area contributed by atoms with Gasteiger partial charge in [-0.05, 0) is 141 Å². The fourth-order valence-electron chi connectivity index (χ4n) is 9.07. The number of rotatable bonds is 4. The Labute approximate surface area is 313 Å². The zero-order chi connectivity index (χ0) is 36.7. The van der Waals surface area contributed by atoms with Crippen molar-refractivity contribution in [1.29, 1.82) is 0 Å². The van der Waals surface area contributed by atoms with Gasteiger partial charge >= 0.3 is 0 Å². The van der Waals surface area contributed by atoms with Crippen molar-refractivity contribution in [2.75, 3.05) is 9.80 Å². The molecule has 2 aliphatic heterocycles. The van der Waals surface area contributed by atoms with E-state index in [2.05, 4.69) is 168 Å². The number of hydrogen-bond acceptors (Lipinski definition) is 4. The van der Waals surface area contributed by atoms with Gasteiger partial charge in [0.25, 0.3) is 6.71 Å². The van der Waals surface area contributed by atoms with Crippen LogP contribution >= 0.6 is 0 Å². The van der Waals surface area contributed by atoms with Gasteiger partial charge in [0, 0.05) is 46.3 Å². The van der Waals surface area contributed by atoms with E-state index < -0.39 is 0 Å². The minimum absolute atomic E-state index is 0.0243. The Balaban J connectivity index is 1.40. The lowest BCUT2D eigenvalue weighted by Gasteiger charge is -2.45. The minimum Gasteiger partial charge on any atom is -0.311 e. The fraction of sp³-hybridized carbons (Fsp3) is 0.167. The molecule has 0 bridgehead atoms. The molecule has 7 aromatic rings. The number of aromatic nitrogens is 2. The van der Waals surface area contributed by atoms with E-state index in [9.17, 15) is 0 Å². The highest BCUT2D eigenvalue weighted by Crippen LogP contribution is 2.47. The van der Waals surface area contributed by atoms with Crippen LogP contribution in [0.4, 0.5) is 34.1 Å². The summed E-state index contributed by atoms with van der Waals surface area (Å²) >= 11 is 0. The van der Waals surface area contributed by atoms with Crippen LogP contribution in [-0.2, 0) is 0 Å². The highest BCUT2D eigenvalue weighted by molar-refractivity contribution is 7.00. The molecule has 0 radical (unpaired) electrons. The molecule has 5 heteroatoms. The Morgan fingerprint density at radius 1 is 0.415 bits per heavy atom. The summed E-state index contributed by atoms with van der Waals surface area (Å²) < 4.78 is 0. The Hall–Kier alpha value is -5.94. The fourth-order valence-corrected chi connectivity index (χ4v) is 9.07. The maximum Gasteiger partial charge on any atom is 0.252 e. The van der Waals surface area contributed by atoms with Gasteiger partial charge in [0.05, 0.1) is 22.8 Å². The molecule has 4 nitrogen and oxygen atoms in total. The van der Waals surface area contributed by atoms with Gasteiger partial charge in [-0.2, -0.15) is 0 Å². The summed E-state index contributed by atoms with van der Waals surface area (Å²) in [5, 5.41) is 0. The van der Waals surface area contributed by atoms with E-state index in [1.165, 1.54) is 95.0 Å². The lowest BCUT2D eigenvalue weighted by atomic mass is 9.33. The normalized spacial score (nSPS) is 12.8. The molecule has 0 unspecified atom stereocenters. The van der Waals surface area contributed by atoms with Gasteiger partial charge in [-0.15, -0.1) is 0 Å². The maximum atomic E-state index is 4.99. The number of hydrogen-bond donors (Lipinski definition) is 0. The molecular formula is C48H43BN4. The number of aryl methyl sites for hydroxylation is 8. The molecule has 9 rings (SSSR count). The van der Waals surface area contributed by atoms with Crippen LogP contribution in [0.25, 0.3) is 22.5 Å². The molecule has 0 atom stereocenters. The smallest absolute Gasteiger partial charge is 0.252 e. The first-order valence-electron chi connectivity index (χ1n) is 18.6. The summed E-state index contributed by atoms with van der Waals surface area (Å²) in [7, 11) is 0. The van der Waals surface area contributed by atoms with Crippen LogP contribution < -0.4 is 26.2 Å². The molecule has 258 valence electrons. The molecule has 0 saturated carbocycles. The molecule has 4 heterocycles. The van der Waals surface area contributed by atoms with E-state index >= 15 is 0 Å². The van der Waals surface area contributed by atoms with Gasteiger partial charge in [-0.1, -0.05) is 78.9 Å². The Morgan fingerprint density at radius 2 is 0.811 bits per heavy atom. The van der Waals surface area contributed by atoms with Gasteiger partial charge in [0.15, 0.2) is 0 Å². The van der Waals surface area contributed by atoms with E-state index in [0.29, 0.717) is 0 Å². The topological polar surface area (TPSA) is 32.3 Å². The van der Waals surface area contributed by atoms with Crippen molar-refractivity contribution in [3.8, 4) is 22.5 Å². The van der Waals surface area contributed by atoms with Crippen LogP contribution in [0.1, 0.15) is 44.5 Å². The predicted molar refractivity (Wildman–Crippen MR) is 225 cm³/mol. The van der Waals surface area contributed by atoms with Crippen molar-refractivity contribution in [3.63, 3.8) is 0 Å². The second-order valence-corrected chi connectivity index (χ2v) is 15.2. The quantitative estimate of drug-likeness (QED) is 0.173. The second kappa shape index (κ2) is 12.3. The van der Waals surface area contributed by atoms with Crippen LogP contribution in [0, 0.1) is 55.4 Å². The van der Waals surface area contributed by atoms with Gasteiger partial charge in [-0.3, -0.25) is 9.97 Å². The Kier molecular flexibility index (Phi) is 7.67. The van der Waals surface area contributed by atoms with Crippen LogP contribution in [0.15, 0.2) is 116 Å². The summed E-state index contributed by atoms with van der Waals surface area (Å²) in [6.07, 6.45) is 3.97. The lowest BCUT2D eigenvalue weighted by molar-refractivity contribution is 1.19. The summed E-state index contributed by atoms with van der Waals surface area (Å²) in [5.74, 6) is 0. The van der Waals surface area contributed by atoms with Crippen LogP contribution in [0.5, 0.6) is 0 Å². The molecule has 0 N–H and O–H groups in total. The zero-order valence-electron chi connectivity index (χ0n) is 31.8. The number of nitrogens with zero attached hydrogens (tertiary/aromatic N) is 4. The Morgan fingerprint density at radius 3 is 1.21 bits per heavy atom. The van der Waals surface area contributed by atoms with Gasteiger partial charge in [0.1, 0.15) is 0 Å². The largest absolute Gasteiger partial charge is 0.311 e. The third-order valence-corrected chi connectivity index (χ3v) is 11.3. The third kappa shape index (κ3) is 5.13. The number of pyridine rings is 2. The number of para-hydroxylation sites is 2. The number of fused-ring (bicyclic) bond motifs is 4. The van der Waals surface area contributed by atoms with E-state index in [1.807, 2.05) is 12.4 Å². The average Bonchev–Trinajstić information content (AvgIpc) is 3.12. The highest BCUT2D eigenvalue weighted by Gasteiger charge is 2.44. The van der Waals surface area contributed by atoms with E-state index in [-0.39, 0.29) is 6.71 Å².